The van der Waals surface area contributed by atoms with E-state index in [-0.39, 0.29) is 5.56 Å². The molecule has 1 saturated carbocycles. The minimum absolute atomic E-state index is 0.197. The zero-order valence-electron chi connectivity index (χ0n) is 10.2. The van der Waals surface area contributed by atoms with Gasteiger partial charge >= 0.3 is 5.97 Å². The van der Waals surface area contributed by atoms with E-state index in [1.807, 2.05) is 24.3 Å². The summed E-state index contributed by atoms with van der Waals surface area (Å²) in [6, 6.07) is 9.33. The van der Waals surface area contributed by atoms with Crippen molar-refractivity contribution in [1.29, 1.82) is 0 Å². The SMILES string of the molecule is O=C(O)c1ccsc1C(O)c1ccccc1C1CC1. The number of rotatable bonds is 4. The maximum absolute atomic E-state index is 11.1. The van der Waals surface area contributed by atoms with Crippen molar-refractivity contribution in [2.45, 2.75) is 24.9 Å². The third-order valence-corrected chi connectivity index (χ3v) is 4.45. The molecule has 0 saturated heterocycles. The number of benzene rings is 1. The minimum Gasteiger partial charge on any atom is -0.478 e. The molecule has 0 aliphatic heterocycles. The van der Waals surface area contributed by atoms with E-state index < -0.39 is 12.1 Å². The van der Waals surface area contributed by atoms with Gasteiger partial charge in [0.05, 0.1) is 10.4 Å². The Morgan fingerprint density at radius 3 is 2.68 bits per heavy atom. The maximum Gasteiger partial charge on any atom is 0.336 e. The molecule has 2 N–H and O–H groups in total. The van der Waals surface area contributed by atoms with Gasteiger partial charge in [-0.2, -0.15) is 0 Å². The Bertz CT molecular complexity index is 613. The molecule has 3 nitrogen and oxygen atoms in total. The molecule has 4 heteroatoms. The summed E-state index contributed by atoms with van der Waals surface area (Å²) in [7, 11) is 0. The summed E-state index contributed by atoms with van der Waals surface area (Å²) < 4.78 is 0. The van der Waals surface area contributed by atoms with Gasteiger partial charge in [-0.15, -0.1) is 11.3 Å². The first-order chi connectivity index (χ1) is 9.18. The minimum atomic E-state index is -0.987. The third kappa shape index (κ3) is 2.29. The topological polar surface area (TPSA) is 57.5 Å². The number of aliphatic hydroxyl groups excluding tert-OH is 1. The molecule has 0 amide bonds. The smallest absolute Gasteiger partial charge is 0.336 e. The first kappa shape index (κ1) is 12.4. The molecule has 0 spiro atoms. The van der Waals surface area contributed by atoms with Gasteiger partial charge in [0.15, 0.2) is 0 Å². The summed E-state index contributed by atoms with van der Waals surface area (Å²) in [6.07, 6.45) is 1.46. The Morgan fingerprint density at radius 1 is 1.26 bits per heavy atom. The lowest BCUT2D eigenvalue weighted by atomic mass is 9.97. The highest BCUT2D eigenvalue weighted by Gasteiger charge is 2.29. The van der Waals surface area contributed by atoms with E-state index in [0.29, 0.717) is 10.8 Å². The molecule has 1 fully saturated rings. The van der Waals surface area contributed by atoms with Crippen molar-refractivity contribution in [3.05, 3.63) is 57.3 Å². The van der Waals surface area contributed by atoms with Crippen LogP contribution < -0.4 is 0 Å². The zero-order valence-corrected chi connectivity index (χ0v) is 11.1. The van der Waals surface area contributed by atoms with Crippen molar-refractivity contribution in [2.24, 2.45) is 0 Å². The number of carboxylic acids is 1. The summed E-state index contributed by atoms with van der Waals surface area (Å²) in [5, 5.41) is 21.4. The van der Waals surface area contributed by atoms with Gasteiger partial charge in [0.25, 0.3) is 0 Å². The van der Waals surface area contributed by atoms with E-state index in [9.17, 15) is 9.90 Å². The fourth-order valence-corrected chi connectivity index (χ4v) is 3.27. The van der Waals surface area contributed by atoms with E-state index in [0.717, 1.165) is 24.0 Å². The molecule has 98 valence electrons. The molecule has 1 aromatic heterocycles. The molecule has 1 unspecified atom stereocenters. The number of thiophene rings is 1. The van der Waals surface area contributed by atoms with Crippen LogP contribution in [-0.2, 0) is 0 Å². The molecule has 1 aromatic carbocycles. The van der Waals surface area contributed by atoms with Crippen molar-refractivity contribution in [3.8, 4) is 0 Å². The summed E-state index contributed by atoms with van der Waals surface area (Å²) in [5.74, 6) is -0.460. The third-order valence-electron chi connectivity index (χ3n) is 3.48. The highest BCUT2D eigenvalue weighted by atomic mass is 32.1. The zero-order chi connectivity index (χ0) is 13.4. The second kappa shape index (κ2) is 4.79. The fraction of sp³-hybridized carbons (Fsp3) is 0.267. The summed E-state index contributed by atoms with van der Waals surface area (Å²) in [6.45, 7) is 0. The van der Waals surface area contributed by atoms with Crippen LogP contribution in [-0.4, -0.2) is 16.2 Å². The Balaban J connectivity index is 2.02. The molecule has 2 aromatic rings. The molecule has 1 aliphatic rings. The highest BCUT2D eigenvalue weighted by Crippen LogP contribution is 2.44. The van der Waals surface area contributed by atoms with E-state index in [1.165, 1.54) is 11.3 Å². The number of aliphatic hydroxyl groups is 1. The lowest BCUT2D eigenvalue weighted by molar-refractivity contribution is 0.0692. The number of carboxylic acid groups (broad SMARTS) is 1. The van der Waals surface area contributed by atoms with Gasteiger partial charge in [-0.25, -0.2) is 4.79 Å². The second-order valence-electron chi connectivity index (χ2n) is 4.81. The van der Waals surface area contributed by atoms with Crippen molar-refractivity contribution in [1.82, 2.24) is 0 Å². The van der Waals surface area contributed by atoms with Crippen LogP contribution in [0.3, 0.4) is 0 Å². The predicted octanol–water partition coefficient (Wildman–Crippen LogP) is 3.41. The number of hydrogen-bond donors (Lipinski definition) is 2. The molecule has 3 rings (SSSR count). The quantitative estimate of drug-likeness (QED) is 0.898. The van der Waals surface area contributed by atoms with Crippen LogP contribution in [0.5, 0.6) is 0 Å². The Kier molecular flexibility index (Phi) is 3.12. The van der Waals surface area contributed by atoms with Crippen LogP contribution in [0.25, 0.3) is 0 Å². The lowest BCUT2D eigenvalue weighted by Crippen LogP contribution is -2.06. The monoisotopic (exact) mass is 274 g/mol. The molecule has 1 aliphatic carbocycles. The number of carbonyl (C=O) groups is 1. The average molecular weight is 274 g/mol. The molecule has 19 heavy (non-hydrogen) atoms. The maximum atomic E-state index is 11.1. The molecular weight excluding hydrogens is 260 g/mol. The van der Waals surface area contributed by atoms with E-state index in [1.54, 1.807) is 11.4 Å². The first-order valence-electron chi connectivity index (χ1n) is 6.26. The van der Waals surface area contributed by atoms with Gasteiger partial charge in [-0.3, -0.25) is 0 Å². The molecule has 1 atom stereocenters. The summed E-state index contributed by atoms with van der Waals surface area (Å²) in [4.78, 5) is 11.7. The molecule has 1 heterocycles. The molecular formula is C15H14O3S. The van der Waals surface area contributed by atoms with Crippen LogP contribution in [0.1, 0.15) is 51.2 Å². The van der Waals surface area contributed by atoms with Crippen molar-refractivity contribution < 1.29 is 15.0 Å². The van der Waals surface area contributed by atoms with Gasteiger partial charge in [0.2, 0.25) is 0 Å². The van der Waals surface area contributed by atoms with Crippen molar-refractivity contribution in [2.75, 3.05) is 0 Å². The number of aromatic carboxylic acids is 1. The average Bonchev–Trinajstić information content (AvgIpc) is 3.14. The molecule has 0 radical (unpaired) electrons. The summed E-state index contributed by atoms with van der Waals surface area (Å²) >= 11 is 1.29. The fourth-order valence-electron chi connectivity index (χ4n) is 2.38. The van der Waals surface area contributed by atoms with Gasteiger partial charge < -0.3 is 10.2 Å². The van der Waals surface area contributed by atoms with Gasteiger partial charge in [0, 0.05) is 0 Å². The van der Waals surface area contributed by atoms with Crippen molar-refractivity contribution in [3.63, 3.8) is 0 Å². The van der Waals surface area contributed by atoms with E-state index >= 15 is 0 Å². The van der Waals surface area contributed by atoms with E-state index in [4.69, 9.17) is 5.11 Å². The Hall–Kier alpha value is -1.65. The van der Waals surface area contributed by atoms with Crippen LogP contribution in [0.4, 0.5) is 0 Å². The molecule has 0 bridgehead atoms. The predicted molar refractivity (Wildman–Crippen MR) is 73.8 cm³/mol. The second-order valence-corrected chi connectivity index (χ2v) is 5.76. The van der Waals surface area contributed by atoms with Gasteiger partial charge in [-0.1, -0.05) is 24.3 Å². The lowest BCUT2D eigenvalue weighted by Gasteiger charge is -2.15. The summed E-state index contributed by atoms with van der Waals surface area (Å²) in [5.41, 5.74) is 2.19. The first-order valence-corrected chi connectivity index (χ1v) is 7.14. The standard InChI is InChI=1S/C15H14O3S/c16-13(14-12(15(17)18)7-8-19-14)11-4-2-1-3-10(11)9-5-6-9/h1-4,7-9,13,16H,5-6H2,(H,17,18). The Labute approximate surface area is 115 Å². The highest BCUT2D eigenvalue weighted by molar-refractivity contribution is 7.10. The van der Waals surface area contributed by atoms with Gasteiger partial charge in [-0.05, 0) is 41.3 Å². The van der Waals surface area contributed by atoms with Crippen LogP contribution >= 0.6 is 11.3 Å². The van der Waals surface area contributed by atoms with E-state index in [2.05, 4.69) is 0 Å². The largest absolute Gasteiger partial charge is 0.478 e. The Morgan fingerprint density at radius 2 is 2.00 bits per heavy atom. The normalized spacial score (nSPS) is 16.3. The van der Waals surface area contributed by atoms with Crippen LogP contribution in [0, 0.1) is 0 Å². The van der Waals surface area contributed by atoms with Crippen LogP contribution in [0.2, 0.25) is 0 Å². The number of hydrogen-bond acceptors (Lipinski definition) is 3. The van der Waals surface area contributed by atoms with Crippen molar-refractivity contribution >= 4 is 17.3 Å². The van der Waals surface area contributed by atoms with Crippen LogP contribution in [0.15, 0.2) is 35.7 Å². The van der Waals surface area contributed by atoms with Gasteiger partial charge in [0.1, 0.15) is 6.10 Å².